The molecule has 0 radical (unpaired) electrons. The van der Waals surface area contributed by atoms with Crippen molar-refractivity contribution in [3.63, 3.8) is 0 Å². The van der Waals surface area contributed by atoms with Crippen molar-refractivity contribution in [1.29, 1.82) is 0 Å². The van der Waals surface area contributed by atoms with Crippen LogP contribution in [0.5, 0.6) is 0 Å². The molecule has 3 rings (SSSR count). The molecule has 3 aromatic carbocycles. The van der Waals surface area contributed by atoms with E-state index in [2.05, 4.69) is 10.6 Å². The van der Waals surface area contributed by atoms with Crippen LogP contribution >= 0.6 is 0 Å². The maximum absolute atomic E-state index is 13.7. The van der Waals surface area contributed by atoms with Crippen LogP contribution in [0.4, 0.5) is 20.2 Å². The van der Waals surface area contributed by atoms with Crippen molar-refractivity contribution >= 4 is 17.3 Å². The van der Waals surface area contributed by atoms with Crippen LogP contribution in [-0.4, -0.2) is 35.7 Å². The average molecular weight is 497 g/mol. The Kier molecular flexibility index (Phi) is 10.4. The van der Waals surface area contributed by atoms with Crippen molar-refractivity contribution < 1.29 is 18.7 Å². The molecule has 192 valence electrons. The summed E-state index contributed by atoms with van der Waals surface area (Å²) in [6, 6.07) is 19.1. The molecule has 7 N–H and O–H groups in total. The molecular weight excluding hydrogens is 462 g/mol. The number of nitrogens with one attached hydrogen (secondary N) is 2. The van der Waals surface area contributed by atoms with E-state index in [1.54, 1.807) is 12.1 Å². The SMILES string of the molecule is NC(CCCCNc1ccc(NC(=O)C(O)C(N)Cc2ccccc2)cc1)Cc1cc(F)ccc1F. The molecule has 0 saturated heterocycles. The van der Waals surface area contributed by atoms with Crippen LogP contribution in [0.3, 0.4) is 0 Å². The standard InChI is InChI=1S/C28H34F2N4O2/c29-21-9-14-25(30)20(17-21)18-22(31)8-4-5-15-33-23-10-12-24(13-11-23)34-28(36)27(35)26(32)16-19-6-2-1-3-7-19/h1-3,6-7,9-14,17,22,26-27,33,35H,4-5,8,15-16,18,31-32H2,(H,34,36). The molecule has 0 aliphatic carbocycles. The van der Waals surface area contributed by atoms with Gasteiger partial charge in [0.1, 0.15) is 17.7 Å². The summed E-state index contributed by atoms with van der Waals surface area (Å²) in [5, 5.41) is 16.3. The first-order valence-corrected chi connectivity index (χ1v) is 12.1. The largest absolute Gasteiger partial charge is 0.385 e. The second-order valence-electron chi connectivity index (χ2n) is 8.99. The third-order valence-corrected chi connectivity index (χ3v) is 5.96. The summed E-state index contributed by atoms with van der Waals surface area (Å²) >= 11 is 0. The van der Waals surface area contributed by atoms with Gasteiger partial charge in [0.05, 0.1) is 0 Å². The van der Waals surface area contributed by atoms with Crippen molar-refractivity contribution in [3.05, 3.63) is 95.6 Å². The summed E-state index contributed by atoms with van der Waals surface area (Å²) in [4.78, 5) is 12.4. The highest BCUT2D eigenvalue weighted by Crippen LogP contribution is 2.16. The van der Waals surface area contributed by atoms with E-state index in [9.17, 15) is 18.7 Å². The number of benzene rings is 3. The van der Waals surface area contributed by atoms with Crippen molar-refractivity contribution in [3.8, 4) is 0 Å². The third kappa shape index (κ3) is 8.71. The number of aliphatic hydroxyl groups is 1. The zero-order valence-electron chi connectivity index (χ0n) is 20.2. The number of carbonyl (C=O) groups excluding carboxylic acids is 1. The van der Waals surface area contributed by atoms with Crippen LogP contribution in [0.25, 0.3) is 0 Å². The number of amides is 1. The van der Waals surface area contributed by atoms with E-state index in [1.165, 1.54) is 6.07 Å². The first kappa shape index (κ1) is 27.3. The van der Waals surface area contributed by atoms with E-state index < -0.39 is 29.7 Å². The fourth-order valence-corrected chi connectivity index (χ4v) is 3.93. The van der Waals surface area contributed by atoms with E-state index >= 15 is 0 Å². The minimum Gasteiger partial charge on any atom is -0.385 e. The quantitative estimate of drug-likeness (QED) is 0.230. The maximum Gasteiger partial charge on any atom is 0.254 e. The Labute approximate surface area is 210 Å². The normalized spacial score (nSPS) is 13.6. The van der Waals surface area contributed by atoms with Crippen molar-refractivity contribution in [2.24, 2.45) is 11.5 Å². The van der Waals surface area contributed by atoms with Crippen LogP contribution in [0.2, 0.25) is 0 Å². The Hall–Kier alpha value is -3.33. The number of halogens is 2. The van der Waals surface area contributed by atoms with Crippen molar-refractivity contribution in [1.82, 2.24) is 0 Å². The lowest BCUT2D eigenvalue weighted by Gasteiger charge is -2.18. The van der Waals surface area contributed by atoms with Gasteiger partial charge in [-0.15, -0.1) is 0 Å². The number of hydrogen-bond acceptors (Lipinski definition) is 5. The molecule has 3 atom stereocenters. The third-order valence-electron chi connectivity index (χ3n) is 5.96. The highest BCUT2D eigenvalue weighted by Gasteiger charge is 2.23. The number of anilines is 2. The predicted molar refractivity (Wildman–Crippen MR) is 140 cm³/mol. The summed E-state index contributed by atoms with van der Waals surface area (Å²) in [7, 11) is 0. The zero-order valence-corrected chi connectivity index (χ0v) is 20.2. The molecule has 0 fully saturated rings. The van der Waals surface area contributed by atoms with Gasteiger partial charge in [0.2, 0.25) is 0 Å². The number of hydrogen-bond donors (Lipinski definition) is 5. The van der Waals surface area contributed by atoms with Crippen LogP contribution in [0.1, 0.15) is 30.4 Å². The van der Waals surface area contributed by atoms with Crippen molar-refractivity contribution in [2.45, 2.75) is 50.3 Å². The van der Waals surface area contributed by atoms with E-state index in [-0.39, 0.29) is 6.04 Å². The lowest BCUT2D eigenvalue weighted by molar-refractivity contribution is -0.124. The highest BCUT2D eigenvalue weighted by molar-refractivity contribution is 5.94. The molecule has 0 spiro atoms. The monoisotopic (exact) mass is 496 g/mol. The number of rotatable bonds is 13. The molecule has 1 amide bonds. The Balaban J connectivity index is 1.34. The number of carbonyl (C=O) groups is 1. The van der Waals surface area contributed by atoms with Crippen LogP contribution < -0.4 is 22.1 Å². The summed E-state index contributed by atoms with van der Waals surface area (Å²) in [6.07, 6.45) is 1.79. The Bertz CT molecular complexity index is 1100. The van der Waals surface area contributed by atoms with Gasteiger partial charge in [-0.25, -0.2) is 8.78 Å². The van der Waals surface area contributed by atoms with Crippen LogP contribution in [0, 0.1) is 11.6 Å². The molecule has 36 heavy (non-hydrogen) atoms. The van der Waals surface area contributed by atoms with E-state index in [1.807, 2.05) is 42.5 Å². The number of unbranched alkanes of at least 4 members (excludes halogenated alkanes) is 1. The molecule has 3 aromatic rings. The van der Waals surface area contributed by atoms with Gasteiger partial charge in [-0.05, 0) is 79.3 Å². The van der Waals surface area contributed by atoms with Crippen molar-refractivity contribution in [2.75, 3.05) is 17.2 Å². The average Bonchev–Trinajstić information content (AvgIpc) is 2.87. The molecule has 3 unspecified atom stereocenters. The zero-order chi connectivity index (χ0) is 25.9. The maximum atomic E-state index is 13.7. The van der Waals surface area contributed by atoms with Gasteiger partial charge in [-0.1, -0.05) is 36.8 Å². The molecule has 6 nitrogen and oxygen atoms in total. The molecule has 0 bridgehead atoms. The van der Waals surface area contributed by atoms with Gasteiger partial charge in [0.15, 0.2) is 0 Å². The van der Waals surface area contributed by atoms with Gasteiger partial charge in [-0.3, -0.25) is 4.79 Å². The summed E-state index contributed by atoms with van der Waals surface area (Å²) in [6.45, 7) is 0.722. The van der Waals surface area contributed by atoms with E-state index in [4.69, 9.17) is 11.5 Å². The summed E-state index contributed by atoms with van der Waals surface area (Å²) < 4.78 is 27.0. The number of nitrogens with two attached hydrogens (primary N) is 2. The molecule has 8 heteroatoms. The Morgan fingerprint density at radius 1 is 0.889 bits per heavy atom. The minimum atomic E-state index is -1.33. The van der Waals surface area contributed by atoms with E-state index in [0.717, 1.165) is 42.8 Å². The second-order valence-corrected chi connectivity index (χ2v) is 8.99. The first-order chi connectivity index (χ1) is 17.3. The second kappa shape index (κ2) is 13.7. The lowest BCUT2D eigenvalue weighted by Crippen LogP contribution is -2.44. The molecule has 0 aliphatic rings. The van der Waals surface area contributed by atoms with E-state index in [0.29, 0.717) is 30.5 Å². The molecule has 0 aliphatic heterocycles. The first-order valence-electron chi connectivity index (χ1n) is 12.1. The van der Waals surface area contributed by atoms with Gasteiger partial charge in [0, 0.05) is 30.0 Å². The predicted octanol–water partition coefficient (Wildman–Crippen LogP) is 3.99. The summed E-state index contributed by atoms with van der Waals surface area (Å²) in [5.41, 5.74) is 14.8. The smallest absolute Gasteiger partial charge is 0.254 e. The Morgan fingerprint density at radius 2 is 1.58 bits per heavy atom. The van der Waals surface area contributed by atoms with Gasteiger partial charge >= 0.3 is 0 Å². The fourth-order valence-electron chi connectivity index (χ4n) is 3.93. The highest BCUT2D eigenvalue weighted by atomic mass is 19.1. The molecular formula is C28H34F2N4O2. The molecule has 0 saturated carbocycles. The molecule has 0 aromatic heterocycles. The lowest BCUT2D eigenvalue weighted by atomic mass is 10.0. The molecule has 0 heterocycles. The topological polar surface area (TPSA) is 113 Å². The van der Waals surface area contributed by atoms with Gasteiger partial charge < -0.3 is 27.2 Å². The number of aliphatic hydroxyl groups excluding tert-OH is 1. The van der Waals surface area contributed by atoms with Gasteiger partial charge in [-0.2, -0.15) is 0 Å². The van der Waals surface area contributed by atoms with Crippen LogP contribution in [0.15, 0.2) is 72.8 Å². The minimum absolute atomic E-state index is 0.236. The summed E-state index contributed by atoms with van der Waals surface area (Å²) in [5.74, 6) is -1.44. The Morgan fingerprint density at radius 3 is 2.31 bits per heavy atom. The van der Waals surface area contributed by atoms with Gasteiger partial charge in [0.25, 0.3) is 5.91 Å². The van der Waals surface area contributed by atoms with Crippen LogP contribution in [-0.2, 0) is 17.6 Å². The fraction of sp³-hybridized carbons (Fsp3) is 0.321.